The standard InChI is InChI=1S/C7H5OS/c8-7(9)6-4-2-1-3-5-6/h1-5H. The van der Waals surface area contributed by atoms with Crippen molar-refractivity contribution in [3.05, 3.63) is 35.9 Å². The number of carbonyl (C=O) groups excluding carboxylic acids is 1. The molecule has 1 rings (SSSR count). The van der Waals surface area contributed by atoms with Crippen molar-refractivity contribution in [3.63, 3.8) is 0 Å². The molecule has 1 radical (unpaired) electrons. The summed E-state index contributed by atoms with van der Waals surface area (Å²) in [5.41, 5.74) is 0.590. The molecule has 45 valence electrons. The number of hydrogen-bond acceptors (Lipinski definition) is 1. The molecular weight excluding hydrogens is 132 g/mol. The lowest BCUT2D eigenvalue weighted by Gasteiger charge is -1.87. The van der Waals surface area contributed by atoms with E-state index in [9.17, 15) is 4.79 Å². The first-order chi connectivity index (χ1) is 4.30. The van der Waals surface area contributed by atoms with E-state index >= 15 is 0 Å². The highest BCUT2D eigenvalue weighted by atomic mass is 32.1. The molecule has 1 aromatic carbocycles. The average Bonchev–Trinajstić information content (AvgIpc) is 1.90. The van der Waals surface area contributed by atoms with E-state index in [0.29, 0.717) is 5.56 Å². The Hall–Kier alpha value is -0.890. The van der Waals surface area contributed by atoms with E-state index in [0.717, 1.165) is 0 Å². The highest BCUT2D eigenvalue weighted by Gasteiger charge is 1.95. The minimum absolute atomic E-state index is 0.296. The second kappa shape index (κ2) is 2.60. The quantitative estimate of drug-likeness (QED) is 0.578. The molecule has 9 heavy (non-hydrogen) atoms. The van der Waals surface area contributed by atoms with Crippen LogP contribution in [-0.2, 0) is 0 Å². The second-order valence-electron chi connectivity index (χ2n) is 1.65. The summed E-state index contributed by atoms with van der Waals surface area (Å²) in [6, 6.07) is 8.84. The SMILES string of the molecule is O=C([S])c1ccccc1. The van der Waals surface area contributed by atoms with Gasteiger partial charge in [-0.3, -0.25) is 4.79 Å². The Morgan fingerprint density at radius 2 is 1.78 bits per heavy atom. The molecule has 0 aliphatic rings. The smallest absolute Gasteiger partial charge is 0.249 e. The van der Waals surface area contributed by atoms with Gasteiger partial charge in [-0.1, -0.05) is 30.3 Å². The maximum atomic E-state index is 10.5. The highest BCUT2D eigenvalue weighted by molar-refractivity contribution is 7.97. The molecule has 0 spiro atoms. The van der Waals surface area contributed by atoms with Crippen LogP contribution < -0.4 is 0 Å². The van der Waals surface area contributed by atoms with Gasteiger partial charge in [-0.15, -0.1) is 0 Å². The topological polar surface area (TPSA) is 17.1 Å². The normalized spacial score (nSPS) is 8.89. The van der Waals surface area contributed by atoms with E-state index in [-0.39, 0.29) is 5.12 Å². The molecule has 0 saturated heterocycles. The first-order valence-electron chi connectivity index (χ1n) is 2.57. The zero-order chi connectivity index (χ0) is 6.69. The third-order valence-electron chi connectivity index (χ3n) is 1.01. The molecular formula is C7H5OS. The van der Waals surface area contributed by atoms with Crippen LogP contribution in [0.1, 0.15) is 10.4 Å². The van der Waals surface area contributed by atoms with Gasteiger partial charge < -0.3 is 0 Å². The van der Waals surface area contributed by atoms with Gasteiger partial charge in [0.15, 0.2) is 0 Å². The van der Waals surface area contributed by atoms with Crippen molar-refractivity contribution in [2.75, 3.05) is 0 Å². The molecule has 1 nitrogen and oxygen atoms in total. The summed E-state index contributed by atoms with van der Waals surface area (Å²) in [5, 5.41) is -0.296. The molecule has 0 saturated carbocycles. The Kier molecular flexibility index (Phi) is 1.80. The molecule has 0 N–H and O–H groups in total. The third-order valence-corrected chi connectivity index (χ3v) is 1.25. The van der Waals surface area contributed by atoms with Crippen LogP contribution >= 0.6 is 12.6 Å². The van der Waals surface area contributed by atoms with Crippen LogP contribution in [0.4, 0.5) is 0 Å². The molecule has 0 atom stereocenters. The minimum Gasteiger partial charge on any atom is -0.276 e. The van der Waals surface area contributed by atoms with Crippen LogP contribution in [-0.4, -0.2) is 5.12 Å². The fraction of sp³-hybridized carbons (Fsp3) is 0. The van der Waals surface area contributed by atoms with Crippen LogP contribution in [0, 0.1) is 0 Å². The summed E-state index contributed by atoms with van der Waals surface area (Å²) in [6.07, 6.45) is 0. The van der Waals surface area contributed by atoms with Gasteiger partial charge in [-0.2, -0.15) is 0 Å². The first-order valence-corrected chi connectivity index (χ1v) is 2.98. The summed E-state index contributed by atoms with van der Waals surface area (Å²) in [6.45, 7) is 0. The lowest BCUT2D eigenvalue weighted by Crippen LogP contribution is -1.84. The number of benzene rings is 1. The molecule has 0 aromatic heterocycles. The molecule has 0 amide bonds. The molecule has 0 aliphatic heterocycles. The van der Waals surface area contributed by atoms with Gasteiger partial charge in [-0.05, 0) is 12.6 Å². The van der Waals surface area contributed by atoms with Gasteiger partial charge in [0.25, 0.3) is 0 Å². The van der Waals surface area contributed by atoms with Crippen molar-refractivity contribution >= 4 is 17.7 Å². The van der Waals surface area contributed by atoms with Crippen molar-refractivity contribution in [2.24, 2.45) is 0 Å². The number of carbonyl (C=O) groups is 1. The maximum Gasteiger partial charge on any atom is 0.249 e. The van der Waals surface area contributed by atoms with Crippen molar-refractivity contribution in [1.82, 2.24) is 0 Å². The highest BCUT2D eigenvalue weighted by Crippen LogP contribution is 2.00. The van der Waals surface area contributed by atoms with Gasteiger partial charge >= 0.3 is 0 Å². The first kappa shape index (κ1) is 6.23. The molecule has 0 bridgehead atoms. The zero-order valence-corrected chi connectivity index (χ0v) is 5.52. The molecule has 0 unspecified atom stereocenters. The summed E-state index contributed by atoms with van der Waals surface area (Å²) >= 11 is 4.41. The molecule has 2 heteroatoms. The van der Waals surface area contributed by atoms with Crippen LogP contribution in [0.2, 0.25) is 0 Å². The summed E-state index contributed by atoms with van der Waals surface area (Å²) in [7, 11) is 0. The van der Waals surface area contributed by atoms with E-state index in [2.05, 4.69) is 12.6 Å². The Morgan fingerprint density at radius 3 is 2.11 bits per heavy atom. The van der Waals surface area contributed by atoms with Crippen LogP contribution in [0.3, 0.4) is 0 Å². The predicted molar refractivity (Wildman–Crippen MR) is 38.4 cm³/mol. The molecule has 0 aliphatic carbocycles. The summed E-state index contributed by atoms with van der Waals surface area (Å²) in [4.78, 5) is 10.5. The lowest BCUT2D eigenvalue weighted by molar-refractivity contribution is 0.109. The van der Waals surface area contributed by atoms with E-state index in [1.165, 1.54) is 0 Å². The fourth-order valence-electron chi connectivity index (χ4n) is 0.574. The summed E-state index contributed by atoms with van der Waals surface area (Å²) < 4.78 is 0. The molecule has 1 aromatic rings. The monoisotopic (exact) mass is 137 g/mol. The van der Waals surface area contributed by atoms with E-state index < -0.39 is 0 Å². The molecule has 0 heterocycles. The predicted octanol–water partition coefficient (Wildman–Crippen LogP) is 2.02. The fourth-order valence-corrected chi connectivity index (χ4v) is 0.710. The minimum atomic E-state index is -0.296. The van der Waals surface area contributed by atoms with Crippen molar-refractivity contribution in [3.8, 4) is 0 Å². The lowest BCUT2D eigenvalue weighted by atomic mass is 10.2. The van der Waals surface area contributed by atoms with Crippen LogP contribution in [0.25, 0.3) is 0 Å². The van der Waals surface area contributed by atoms with Crippen LogP contribution in [0.5, 0.6) is 0 Å². The van der Waals surface area contributed by atoms with Crippen molar-refractivity contribution in [1.29, 1.82) is 0 Å². The molecule has 0 fully saturated rings. The largest absolute Gasteiger partial charge is 0.276 e. The Labute approximate surface area is 59.1 Å². The Bertz CT molecular complexity index is 205. The van der Waals surface area contributed by atoms with Crippen molar-refractivity contribution in [2.45, 2.75) is 0 Å². The van der Waals surface area contributed by atoms with Gasteiger partial charge in [0.1, 0.15) is 0 Å². The maximum absolute atomic E-state index is 10.5. The van der Waals surface area contributed by atoms with E-state index in [1.807, 2.05) is 6.07 Å². The van der Waals surface area contributed by atoms with Gasteiger partial charge in [0.2, 0.25) is 5.12 Å². The number of rotatable bonds is 1. The third kappa shape index (κ3) is 1.50. The van der Waals surface area contributed by atoms with Gasteiger partial charge in [-0.25, -0.2) is 0 Å². The number of hydrogen-bond donors (Lipinski definition) is 0. The zero-order valence-electron chi connectivity index (χ0n) is 4.70. The second-order valence-corrected chi connectivity index (χ2v) is 2.02. The van der Waals surface area contributed by atoms with E-state index in [4.69, 9.17) is 0 Å². The van der Waals surface area contributed by atoms with Crippen LogP contribution in [0.15, 0.2) is 30.3 Å². The summed E-state index contributed by atoms with van der Waals surface area (Å²) in [5.74, 6) is 0. The Morgan fingerprint density at radius 1 is 1.22 bits per heavy atom. The van der Waals surface area contributed by atoms with Gasteiger partial charge in [0, 0.05) is 5.56 Å². The average molecular weight is 137 g/mol. The van der Waals surface area contributed by atoms with Crippen molar-refractivity contribution < 1.29 is 4.79 Å². The van der Waals surface area contributed by atoms with Gasteiger partial charge in [0.05, 0.1) is 0 Å². The van der Waals surface area contributed by atoms with E-state index in [1.54, 1.807) is 24.3 Å². The Balaban J connectivity index is 2.98.